The quantitative estimate of drug-likeness (QED) is 0.366. The second-order valence-electron chi connectivity index (χ2n) is 6.19. The van der Waals surface area contributed by atoms with E-state index < -0.39 is 0 Å². The lowest BCUT2D eigenvalue weighted by atomic mass is 10.1. The average Bonchev–Trinajstić information content (AvgIpc) is 2.72. The second-order valence-corrected chi connectivity index (χ2v) is 6.19. The number of ether oxygens (including phenoxy) is 5. The highest BCUT2D eigenvalue weighted by Gasteiger charge is 2.12. The van der Waals surface area contributed by atoms with E-state index in [0.29, 0.717) is 64.5 Å². The van der Waals surface area contributed by atoms with Gasteiger partial charge in [-0.1, -0.05) is 0 Å². The van der Waals surface area contributed by atoms with Gasteiger partial charge in [0.2, 0.25) is 0 Å². The fourth-order valence-electron chi connectivity index (χ4n) is 2.64. The molecular formula is C20H31NO6. The molecule has 1 aromatic carbocycles. The van der Waals surface area contributed by atoms with Crippen LogP contribution in [0.25, 0.3) is 0 Å². The molecule has 0 unspecified atom stereocenters. The van der Waals surface area contributed by atoms with Crippen LogP contribution in [0, 0.1) is 0 Å². The predicted molar refractivity (Wildman–Crippen MR) is 102 cm³/mol. The maximum absolute atomic E-state index is 10.6. The molecule has 1 aromatic rings. The van der Waals surface area contributed by atoms with E-state index in [1.807, 2.05) is 0 Å². The molecule has 27 heavy (non-hydrogen) atoms. The first-order valence-electron chi connectivity index (χ1n) is 9.62. The highest BCUT2D eigenvalue weighted by atomic mass is 16.6. The molecule has 0 saturated carbocycles. The van der Waals surface area contributed by atoms with Crippen LogP contribution in [0.3, 0.4) is 0 Å². The van der Waals surface area contributed by atoms with Gasteiger partial charge in [-0.05, 0) is 50.2 Å². The van der Waals surface area contributed by atoms with Gasteiger partial charge in [-0.15, -0.1) is 0 Å². The number of aldehydes is 1. The van der Waals surface area contributed by atoms with Crippen molar-refractivity contribution in [2.75, 3.05) is 65.9 Å². The van der Waals surface area contributed by atoms with Crippen LogP contribution < -0.4 is 10.1 Å². The number of piperidine rings is 1. The first-order valence-corrected chi connectivity index (χ1v) is 9.62. The van der Waals surface area contributed by atoms with Gasteiger partial charge in [0.15, 0.2) is 0 Å². The van der Waals surface area contributed by atoms with Crippen LogP contribution in [0.2, 0.25) is 0 Å². The molecule has 1 aliphatic rings. The van der Waals surface area contributed by atoms with E-state index in [-0.39, 0.29) is 0 Å². The number of hydrogen-bond acceptors (Lipinski definition) is 7. The standard InChI is InChI=1S/C20H31NO6/c22-17-18-1-3-19(4-2-18)26-15-13-24-11-9-23-10-12-25-14-16-27-20-5-7-21-8-6-20/h1-4,17,20-21H,5-16H2. The van der Waals surface area contributed by atoms with Crippen LogP contribution in [0.4, 0.5) is 0 Å². The third-order valence-corrected chi connectivity index (χ3v) is 4.12. The van der Waals surface area contributed by atoms with Crippen molar-refractivity contribution in [3.05, 3.63) is 29.8 Å². The molecule has 152 valence electrons. The molecular weight excluding hydrogens is 350 g/mol. The summed E-state index contributed by atoms with van der Waals surface area (Å²) in [4.78, 5) is 10.6. The lowest BCUT2D eigenvalue weighted by molar-refractivity contribution is -0.0260. The fraction of sp³-hybridized carbons (Fsp3) is 0.650. The van der Waals surface area contributed by atoms with Gasteiger partial charge < -0.3 is 29.0 Å². The molecule has 1 heterocycles. The van der Waals surface area contributed by atoms with Crippen LogP contribution in [0.1, 0.15) is 23.2 Å². The summed E-state index contributed by atoms with van der Waals surface area (Å²) >= 11 is 0. The number of nitrogens with one attached hydrogen (secondary N) is 1. The highest BCUT2D eigenvalue weighted by molar-refractivity contribution is 5.74. The zero-order chi connectivity index (χ0) is 19.0. The minimum Gasteiger partial charge on any atom is -0.491 e. The molecule has 0 spiro atoms. The number of rotatable bonds is 15. The monoisotopic (exact) mass is 381 g/mol. The molecule has 0 atom stereocenters. The molecule has 7 nitrogen and oxygen atoms in total. The van der Waals surface area contributed by atoms with Crippen molar-refractivity contribution in [2.45, 2.75) is 18.9 Å². The maximum atomic E-state index is 10.6. The van der Waals surface area contributed by atoms with Crippen molar-refractivity contribution in [1.82, 2.24) is 5.32 Å². The SMILES string of the molecule is O=Cc1ccc(OCCOCCOCCOCCOC2CCNCC2)cc1. The molecule has 1 fully saturated rings. The van der Waals surface area contributed by atoms with Crippen molar-refractivity contribution in [3.63, 3.8) is 0 Å². The predicted octanol–water partition coefficient (Wildman–Crippen LogP) is 1.70. The Bertz CT molecular complexity index is 490. The van der Waals surface area contributed by atoms with Crippen molar-refractivity contribution in [3.8, 4) is 5.75 Å². The van der Waals surface area contributed by atoms with E-state index in [1.165, 1.54) is 0 Å². The van der Waals surface area contributed by atoms with Crippen LogP contribution in [-0.4, -0.2) is 78.3 Å². The van der Waals surface area contributed by atoms with E-state index in [0.717, 1.165) is 38.0 Å². The Hall–Kier alpha value is -1.51. The van der Waals surface area contributed by atoms with Crippen LogP contribution in [0.5, 0.6) is 5.75 Å². The van der Waals surface area contributed by atoms with E-state index in [9.17, 15) is 4.79 Å². The Morgan fingerprint density at radius 3 is 1.96 bits per heavy atom. The Morgan fingerprint density at radius 2 is 1.37 bits per heavy atom. The third kappa shape index (κ3) is 10.4. The minimum atomic E-state index is 0.378. The van der Waals surface area contributed by atoms with E-state index >= 15 is 0 Å². The van der Waals surface area contributed by atoms with E-state index in [1.54, 1.807) is 24.3 Å². The number of hydrogen-bond donors (Lipinski definition) is 1. The first kappa shape index (κ1) is 21.8. The summed E-state index contributed by atoms with van der Waals surface area (Å²) in [6.45, 7) is 6.45. The molecule has 0 amide bonds. The Balaban J connectivity index is 1.30. The van der Waals surface area contributed by atoms with Gasteiger partial charge in [-0.2, -0.15) is 0 Å². The summed E-state index contributed by atoms with van der Waals surface area (Å²) in [7, 11) is 0. The average molecular weight is 381 g/mol. The zero-order valence-corrected chi connectivity index (χ0v) is 15.9. The highest BCUT2D eigenvalue weighted by Crippen LogP contribution is 2.10. The normalized spacial score (nSPS) is 15.0. The summed E-state index contributed by atoms with van der Waals surface area (Å²) in [5, 5.41) is 3.32. The number of benzene rings is 1. The van der Waals surface area contributed by atoms with Crippen LogP contribution >= 0.6 is 0 Å². The molecule has 0 aliphatic carbocycles. The fourth-order valence-corrected chi connectivity index (χ4v) is 2.64. The van der Waals surface area contributed by atoms with Gasteiger partial charge in [0.05, 0.1) is 52.4 Å². The Labute approximate surface area is 161 Å². The van der Waals surface area contributed by atoms with E-state index in [4.69, 9.17) is 23.7 Å². The maximum Gasteiger partial charge on any atom is 0.150 e. The molecule has 0 aromatic heterocycles. The van der Waals surface area contributed by atoms with Crippen LogP contribution in [-0.2, 0) is 18.9 Å². The Morgan fingerprint density at radius 1 is 0.815 bits per heavy atom. The van der Waals surface area contributed by atoms with Crippen molar-refractivity contribution in [1.29, 1.82) is 0 Å². The topological polar surface area (TPSA) is 75.3 Å². The van der Waals surface area contributed by atoms with Gasteiger partial charge in [-0.25, -0.2) is 0 Å². The van der Waals surface area contributed by atoms with Gasteiger partial charge in [0.1, 0.15) is 18.6 Å². The van der Waals surface area contributed by atoms with Crippen molar-refractivity contribution >= 4 is 6.29 Å². The minimum absolute atomic E-state index is 0.378. The largest absolute Gasteiger partial charge is 0.491 e. The smallest absolute Gasteiger partial charge is 0.150 e. The first-order chi connectivity index (χ1) is 13.4. The number of carbonyl (C=O) groups excluding carboxylic acids is 1. The zero-order valence-electron chi connectivity index (χ0n) is 15.9. The summed E-state index contributed by atoms with van der Waals surface area (Å²) in [6, 6.07) is 6.98. The summed E-state index contributed by atoms with van der Waals surface area (Å²) in [5.74, 6) is 0.724. The van der Waals surface area contributed by atoms with Crippen molar-refractivity contribution in [2.24, 2.45) is 0 Å². The van der Waals surface area contributed by atoms with Gasteiger partial charge in [0.25, 0.3) is 0 Å². The van der Waals surface area contributed by atoms with Crippen LogP contribution in [0.15, 0.2) is 24.3 Å². The van der Waals surface area contributed by atoms with E-state index in [2.05, 4.69) is 5.32 Å². The summed E-state index contributed by atoms with van der Waals surface area (Å²) in [6.07, 6.45) is 3.35. The molecule has 0 radical (unpaired) electrons. The third-order valence-electron chi connectivity index (χ3n) is 4.12. The molecule has 1 saturated heterocycles. The molecule has 2 rings (SSSR count). The summed E-state index contributed by atoms with van der Waals surface area (Å²) < 4.78 is 27.6. The number of carbonyl (C=O) groups is 1. The van der Waals surface area contributed by atoms with Gasteiger partial charge >= 0.3 is 0 Å². The molecule has 1 aliphatic heterocycles. The molecule has 7 heteroatoms. The molecule has 0 bridgehead atoms. The van der Waals surface area contributed by atoms with Gasteiger partial charge in [-0.3, -0.25) is 4.79 Å². The lowest BCUT2D eigenvalue weighted by Gasteiger charge is -2.22. The Kier molecular flexibility index (Phi) is 11.7. The molecule has 1 N–H and O–H groups in total. The van der Waals surface area contributed by atoms with Crippen molar-refractivity contribution < 1.29 is 28.5 Å². The second kappa shape index (κ2) is 14.5. The lowest BCUT2D eigenvalue weighted by Crippen LogP contribution is -2.33. The summed E-state index contributed by atoms with van der Waals surface area (Å²) in [5.41, 5.74) is 0.633. The van der Waals surface area contributed by atoms with Gasteiger partial charge in [0, 0.05) is 5.56 Å².